The van der Waals surface area contributed by atoms with Crippen molar-refractivity contribution >= 4 is 11.8 Å². The van der Waals surface area contributed by atoms with E-state index in [-0.39, 0.29) is 11.2 Å². The van der Waals surface area contributed by atoms with Gasteiger partial charge in [0.25, 0.3) is 0 Å². The molecule has 4 heteroatoms. The number of allylic oxidation sites excluding steroid dienone is 8. The number of rotatable bonds is 5. The van der Waals surface area contributed by atoms with Gasteiger partial charge in [0, 0.05) is 6.08 Å². The Morgan fingerprint density at radius 1 is 1.21 bits per heavy atom. The molecular weight excluding hydrogens is 304 g/mol. The number of hydrogen-bond acceptors (Lipinski definition) is 3. The highest BCUT2D eigenvalue weighted by Crippen LogP contribution is 2.39. The van der Waals surface area contributed by atoms with Crippen molar-refractivity contribution in [2.24, 2.45) is 5.41 Å². The van der Waals surface area contributed by atoms with E-state index in [9.17, 15) is 14.7 Å². The van der Waals surface area contributed by atoms with Gasteiger partial charge in [-0.25, -0.2) is 4.79 Å². The maximum atomic E-state index is 12.0. The highest BCUT2D eigenvalue weighted by molar-refractivity contribution is 6.00. The van der Waals surface area contributed by atoms with Gasteiger partial charge in [0.15, 0.2) is 5.78 Å². The SMILES string of the molecule is CC(C=CC1=C(C)C(=O)C(O)CC1(C)C)=CC=CC(C)=CC(=O)O. The van der Waals surface area contributed by atoms with Crippen molar-refractivity contribution in [2.45, 2.75) is 47.1 Å². The lowest BCUT2D eigenvalue weighted by Crippen LogP contribution is -2.35. The second-order valence-electron chi connectivity index (χ2n) is 6.84. The molecule has 0 aromatic rings. The van der Waals surface area contributed by atoms with Crippen molar-refractivity contribution in [1.82, 2.24) is 0 Å². The fraction of sp³-hybridized carbons (Fsp3) is 0.400. The van der Waals surface area contributed by atoms with Crippen molar-refractivity contribution in [1.29, 1.82) is 0 Å². The molecule has 1 atom stereocenters. The largest absolute Gasteiger partial charge is 0.478 e. The second kappa shape index (κ2) is 8.06. The summed E-state index contributed by atoms with van der Waals surface area (Å²) in [4.78, 5) is 22.5. The first kappa shape index (κ1) is 19.8. The molecule has 1 rings (SSSR count). The third-order valence-corrected chi connectivity index (χ3v) is 4.09. The number of ketones is 1. The van der Waals surface area contributed by atoms with Crippen LogP contribution in [0.15, 0.2) is 58.7 Å². The van der Waals surface area contributed by atoms with Crippen LogP contribution < -0.4 is 0 Å². The lowest BCUT2D eigenvalue weighted by molar-refractivity contribution is -0.131. The van der Waals surface area contributed by atoms with Gasteiger partial charge in [0.2, 0.25) is 0 Å². The molecule has 1 aliphatic carbocycles. The predicted molar refractivity (Wildman–Crippen MR) is 95.5 cm³/mol. The molecule has 130 valence electrons. The Morgan fingerprint density at radius 2 is 1.83 bits per heavy atom. The lowest BCUT2D eigenvalue weighted by atomic mass is 9.71. The van der Waals surface area contributed by atoms with Crippen LogP contribution in [0.1, 0.15) is 41.0 Å². The number of carbonyl (C=O) groups is 2. The standard InChI is InChI=1S/C20H26O4/c1-13(7-6-8-14(2)11-18(22)23)9-10-16-15(3)19(24)17(21)12-20(16,4)5/h6-11,17,21H,12H2,1-5H3,(H,22,23). The number of carbonyl (C=O) groups excluding carboxylic acids is 1. The van der Waals surface area contributed by atoms with Gasteiger partial charge in [-0.3, -0.25) is 4.79 Å². The van der Waals surface area contributed by atoms with Crippen molar-refractivity contribution in [3.63, 3.8) is 0 Å². The second-order valence-corrected chi connectivity index (χ2v) is 6.84. The Bertz CT molecular complexity index is 670. The molecule has 0 radical (unpaired) electrons. The van der Waals surface area contributed by atoms with Crippen molar-refractivity contribution < 1.29 is 19.8 Å². The van der Waals surface area contributed by atoms with Gasteiger partial charge >= 0.3 is 5.97 Å². The fourth-order valence-electron chi connectivity index (χ4n) is 2.79. The minimum atomic E-state index is -0.966. The molecular formula is C20H26O4. The summed E-state index contributed by atoms with van der Waals surface area (Å²) in [6, 6.07) is 0. The Hall–Kier alpha value is -2.20. The van der Waals surface area contributed by atoms with Gasteiger partial charge in [-0.15, -0.1) is 0 Å². The predicted octanol–water partition coefficient (Wildman–Crippen LogP) is 3.75. The Morgan fingerprint density at radius 3 is 2.42 bits per heavy atom. The zero-order valence-electron chi connectivity index (χ0n) is 15.0. The average molecular weight is 330 g/mol. The minimum absolute atomic E-state index is 0.204. The molecule has 4 nitrogen and oxygen atoms in total. The van der Waals surface area contributed by atoms with Crippen LogP contribution in [-0.2, 0) is 9.59 Å². The Kier molecular flexibility index (Phi) is 6.67. The molecule has 0 spiro atoms. The lowest BCUT2D eigenvalue weighted by Gasteiger charge is -2.34. The summed E-state index contributed by atoms with van der Waals surface area (Å²) in [5.41, 5.74) is 2.92. The normalized spacial score (nSPS) is 22.8. The molecule has 0 aliphatic heterocycles. The van der Waals surface area contributed by atoms with E-state index in [1.165, 1.54) is 0 Å². The van der Waals surface area contributed by atoms with Gasteiger partial charge in [-0.05, 0) is 49.3 Å². The van der Waals surface area contributed by atoms with E-state index in [1.54, 1.807) is 26.0 Å². The number of carboxylic acids is 1. The van der Waals surface area contributed by atoms with Crippen LogP contribution in [0, 0.1) is 5.41 Å². The molecule has 0 heterocycles. The number of aliphatic hydroxyl groups excluding tert-OH is 1. The van der Waals surface area contributed by atoms with E-state index in [1.807, 2.05) is 39.0 Å². The molecule has 2 N–H and O–H groups in total. The van der Waals surface area contributed by atoms with E-state index < -0.39 is 12.1 Å². The zero-order chi connectivity index (χ0) is 18.5. The van der Waals surface area contributed by atoms with Gasteiger partial charge < -0.3 is 10.2 Å². The van der Waals surface area contributed by atoms with E-state index in [2.05, 4.69) is 0 Å². The summed E-state index contributed by atoms with van der Waals surface area (Å²) in [7, 11) is 0. The molecule has 1 unspecified atom stereocenters. The topological polar surface area (TPSA) is 74.6 Å². The summed E-state index contributed by atoms with van der Waals surface area (Å²) in [6.45, 7) is 9.44. The fourth-order valence-corrected chi connectivity index (χ4v) is 2.79. The molecule has 0 aromatic carbocycles. The first-order chi connectivity index (χ1) is 11.0. The molecule has 24 heavy (non-hydrogen) atoms. The molecule has 0 aromatic heterocycles. The monoisotopic (exact) mass is 330 g/mol. The van der Waals surface area contributed by atoms with Gasteiger partial charge in [0.1, 0.15) is 6.10 Å². The molecule has 0 bridgehead atoms. The number of carboxylic acid groups (broad SMARTS) is 1. The third kappa shape index (κ3) is 5.46. The number of aliphatic hydroxyl groups is 1. The van der Waals surface area contributed by atoms with E-state index >= 15 is 0 Å². The summed E-state index contributed by atoms with van der Waals surface area (Å²) in [6.07, 6.45) is 9.89. The maximum Gasteiger partial charge on any atom is 0.328 e. The third-order valence-electron chi connectivity index (χ3n) is 4.09. The smallest absolute Gasteiger partial charge is 0.328 e. The number of hydrogen-bond donors (Lipinski definition) is 2. The summed E-state index contributed by atoms with van der Waals surface area (Å²) in [5, 5.41) is 18.5. The Balaban J connectivity index is 2.95. The van der Waals surface area contributed by atoms with Crippen molar-refractivity contribution in [3.05, 3.63) is 58.7 Å². The quantitative estimate of drug-likeness (QED) is 0.594. The molecule has 1 aliphatic rings. The van der Waals surface area contributed by atoms with E-state index in [0.29, 0.717) is 17.6 Å². The number of aliphatic carboxylic acids is 1. The highest BCUT2D eigenvalue weighted by Gasteiger charge is 2.36. The highest BCUT2D eigenvalue weighted by atomic mass is 16.4. The Labute approximate surface area is 143 Å². The van der Waals surface area contributed by atoms with E-state index in [0.717, 1.165) is 17.2 Å². The van der Waals surface area contributed by atoms with Crippen molar-refractivity contribution in [2.75, 3.05) is 0 Å². The molecule has 0 fully saturated rings. The molecule has 0 saturated carbocycles. The van der Waals surface area contributed by atoms with Crippen LogP contribution in [0.25, 0.3) is 0 Å². The van der Waals surface area contributed by atoms with E-state index in [4.69, 9.17) is 5.11 Å². The van der Waals surface area contributed by atoms with Crippen LogP contribution in [0.2, 0.25) is 0 Å². The molecule has 0 amide bonds. The van der Waals surface area contributed by atoms with Crippen LogP contribution in [0.4, 0.5) is 0 Å². The summed E-state index contributed by atoms with van der Waals surface area (Å²) in [5.74, 6) is -1.17. The molecule has 0 saturated heterocycles. The summed E-state index contributed by atoms with van der Waals surface area (Å²) < 4.78 is 0. The van der Waals surface area contributed by atoms with Gasteiger partial charge in [0.05, 0.1) is 0 Å². The van der Waals surface area contributed by atoms with Crippen LogP contribution in [-0.4, -0.2) is 28.1 Å². The van der Waals surface area contributed by atoms with Crippen LogP contribution >= 0.6 is 0 Å². The van der Waals surface area contributed by atoms with Crippen molar-refractivity contribution in [3.8, 4) is 0 Å². The average Bonchev–Trinajstić information content (AvgIpc) is 2.43. The first-order valence-electron chi connectivity index (χ1n) is 7.92. The van der Waals surface area contributed by atoms with Crippen LogP contribution in [0.5, 0.6) is 0 Å². The van der Waals surface area contributed by atoms with Gasteiger partial charge in [-0.2, -0.15) is 0 Å². The van der Waals surface area contributed by atoms with Gasteiger partial charge in [-0.1, -0.05) is 49.8 Å². The minimum Gasteiger partial charge on any atom is -0.478 e. The van der Waals surface area contributed by atoms with Crippen LogP contribution in [0.3, 0.4) is 0 Å². The zero-order valence-corrected chi connectivity index (χ0v) is 15.0. The first-order valence-corrected chi connectivity index (χ1v) is 7.92. The number of Topliss-reactive ketones (excluding diaryl/α,β-unsaturated/α-hetero) is 1. The maximum absolute atomic E-state index is 12.0. The summed E-state index contributed by atoms with van der Waals surface area (Å²) >= 11 is 0.